The van der Waals surface area contributed by atoms with Crippen molar-refractivity contribution >= 4 is 12.0 Å². The molecule has 0 bridgehead atoms. The minimum atomic E-state index is 0.797. The molecular weight excluding hydrogens is 256 g/mol. The molecule has 0 amide bonds. The van der Waals surface area contributed by atoms with E-state index in [1.807, 2.05) is 50.3 Å². The van der Waals surface area contributed by atoms with Crippen LogP contribution in [0, 0.1) is 6.92 Å². The van der Waals surface area contributed by atoms with Gasteiger partial charge in [0.2, 0.25) is 0 Å². The number of methoxy groups -OCH3 is 1. The molecule has 0 spiro atoms. The highest BCUT2D eigenvalue weighted by Gasteiger charge is 1.96. The molecule has 1 aromatic rings. The summed E-state index contributed by atoms with van der Waals surface area (Å²) in [6, 6.07) is 8.23. The fraction of sp³-hybridized carbons (Fsp3) is 0.250. The number of allylic oxidation sites excluding steroid dienone is 5. The highest BCUT2D eigenvalue weighted by Crippen LogP contribution is 2.22. The van der Waals surface area contributed by atoms with Crippen molar-refractivity contribution in [3.63, 3.8) is 0 Å². The van der Waals surface area contributed by atoms with Gasteiger partial charge in [-0.3, -0.25) is 0 Å². The molecule has 0 aliphatic heterocycles. The zero-order chi connectivity index (χ0) is 14.1. The van der Waals surface area contributed by atoms with E-state index in [1.165, 1.54) is 17.6 Å². The Morgan fingerprint density at radius 2 is 1.84 bits per heavy atom. The van der Waals surface area contributed by atoms with Crippen molar-refractivity contribution in [3.8, 4) is 0 Å². The van der Waals surface area contributed by atoms with Crippen LogP contribution in [0.5, 0.6) is 0 Å². The van der Waals surface area contributed by atoms with Crippen molar-refractivity contribution in [1.82, 2.24) is 0 Å². The highest BCUT2D eigenvalue weighted by atomic mass is 32.2. The second-order valence-electron chi connectivity index (χ2n) is 4.03. The molecule has 2 nitrogen and oxygen atoms in total. The molecule has 3 heteroatoms. The van der Waals surface area contributed by atoms with Crippen molar-refractivity contribution in [2.24, 2.45) is 0 Å². The molecule has 0 atom stereocenters. The Bertz CT molecular complexity index is 470. The maximum absolute atomic E-state index is 5.59. The number of hydrogen-bond acceptors (Lipinski definition) is 3. The van der Waals surface area contributed by atoms with Crippen molar-refractivity contribution in [2.75, 3.05) is 7.11 Å². The summed E-state index contributed by atoms with van der Waals surface area (Å²) in [6.07, 6.45) is 7.60. The van der Waals surface area contributed by atoms with Gasteiger partial charge >= 0.3 is 0 Å². The van der Waals surface area contributed by atoms with Crippen LogP contribution in [0.25, 0.3) is 0 Å². The first-order valence-corrected chi connectivity index (χ1v) is 6.86. The summed E-state index contributed by atoms with van der Waals surface area (Å²) in [4.78, 5) is 1.09. The average molecular weight is 276 g/mol. The normalized spacial score (nSPS) is 12.8. The fourth-order valence-corrected chi connectivity index (χ4v) is 1.82. The van der Waals surface area contributed by atoms with Crippen molar-refractivity contribution in [2.45, 2.75) is 25.7 Å². The van der Waals surface area contributed by atoms with Crippen LogP contribution in [0.3, 0.4) is 0 Å². The van der Waals surface area contributed by atoms with Gasteiger partial charge in [-0.1, -0.05) is 23.8 Å². The summed E-state index contributed by atoms with van der Waals surface area (Å²) in [5, 5.41) is 0. The largest absolute Gasteiger partial charge is 0.497 e. The van der Waals surface area contributed by atoms with Crippen LogP contribution in [0.4, 0.5) is 0 Å². The van der Waals surface area contributed by atoms with Crippen LogP contribution in [0.1, 0.15) is 19.4 Å². The first kappa shape index (κ1) is 15.4. The van der Waals surface area contributed by atoms with E-state index in [2.05, 4.69) is 19.1 Å². The maximum atomic E-state index is 5.59. The van der Waals surface area contributed by atoms with Gasteiger partial charge in [-0.2, -0.15) is 0 Å². The van der Waals surface area contributed by atoms with Crippen LogP contribution >= 0.6 is 12.0 Å². The molecule has 0 radical (unpaired) electrons. The van der Waals surface area contributed by atoms with E-state index in [-0.39, 0.29) is 0 Å². The van der Waals surface area contributed by atoms with Crippen LogP contribution in [-0.2, 0) is 8.92 Å². The van der Waals surface area contributed by atoms with Gasteiger partial charge in [0.25, 0.3) is 0 Å². The molecule has 0 heterocycles. The zero-order valence-corrected chi connectivity index (χ0v) is 12.7. The third kappa shape index (κ3) is 6.20. The standard InChI is InChI=1S/C16H20O2S/c1-5-6-15(17-4)10-9-14(3)18-19-16-11-7-13(2)8-12-16/h5-12H,1-4H3/b6-5-,14-9+,15-10+. The lowest BCUT2D eigenvalue weighted by Gasteiger charge is -2.04. The summed E-state index contributed by atoms with van der Waals surface area (Å²) in [7, 11) is 1.65. The first-order valence-electron chi connectivity index (χ1n) is 6.12. The minimum absolute atomic E-state index is 0.797. The van der Waals surface area contributed by atoms with Gasteiger partial charge in [0.15, 0.2) is 0 Å². The molecule has 19 heavy (non-hydrogen) atoms. The van der Waals surface area contributed by atoms with E-state index < -0.39 is 0 Å². The second kappa shape index (κ2) is 8.48. The Balaban J connectivity index is 2.54. The predicted octanol–water partition coefficient (Wildman–Crippen LogP) is 5.03. The number of hydrogen-bond donors (Lipinski definition) is 0. The minimum Gasteiger partial charge on any atom is -0.497 e. The van der Waals surface area contributed by atoms with Gasteiger partial charge in [0, 0.05) is 4.90 Å². The van der Waals surface area contributed by atoms with E-state index in [9.17, 15) is 0 Å². The molecular formula is C16H20O2S. The first-order chi connectivity index (χ1) is 9.15. The molecule has 1 rings (SSSR count). The number of aryl methyl sites for hydroxylation is 1. The van der Waals surface area contributed by atoms with Gasteiger partial charge in [-0.05, 0) is 51.1 Å². The zero-order valence-electron chi connectivity index (χ0n) is 11.8. The van der Waals surface area contributed by atoms with Crippen molar-refractivity contribution in [3.05, 3.63) is 65.7 Å². The van der Waals surface area contributed by atoms with Gasteiger partial charge < -0.3 is 8.92 Å². The van der Waals surface area contributed by atoms with Crippen LogP contribution in [0.15, 0.2) is 65.0 Å². The summed E-state index contributed by atoms with van der Waals surface area (Å²) in [5.74, 6) is 1.62. The molecule has 0 N–H and O–H groups in total. The summed E-state index contributed by atoms with van der Waals surface area (Å²) in [5.41, 5.74) is 1.25. The lowest BCUT2D eigenvalue weighted by molar-refractivity contribution is 0.306. The van der Waals surface area contributed by atoms with Crippen molar-refractivity contribution < 1.29 is 8.92 Å². The molecule has 0 aliphatic rings. The van der Waals surface area contributed by atoms with Crippen LogP contribution in [0.2, 0.25) is 0 Å². The Morgan fingerprint density at radius 1 is 1.16 bits per heavy atom. The van der Waals surface area contributed by atoms with Gasteiger partial charge in [-0.25, -0.2) is 0 Å². The maximum Gasteiger partial charge on any atom is 0.118 e. The molecule has 0 saturated carbocycles. The fourth-order valence-electron chi connectivity index (χ4n) is 1.29. The molecule has 0 unspecified atom stereocenters. The molecule has 0 fully saturated rings. The van der Waals surface area contributed by atoms with E-state index in [0.29, 0.717) is 0 Å². The molecule has 0 saturated heterocycles. The van der Waals surface area contributed by atoms with Crippen molar-refractivity contribution in [1.29, 1.82) is 0 Å². The third-order valence-electron chi connectivity index (χ3n) is 2.34. The average Bonchev–Trinajstić information content (AvgIpc) is 2.42. The second-order valence-corrected chi connectivity index (χ2v) is 4.83. The molecule has 102 valence electrons. The summed E-state index contributed by atoms with van der Waals surface area (Å²) < 4.78 is 10.8. The van der Waals surface area contributed by atoms with Gasteiger partial charge in [0.1, 0.15) is 11.5 Å². The topological polar surface area (TPSA) is 18.5 Å². The number of ether oxygens (including phenoxy) is 1. The Kier molecular flexibility index (Phi) is 6.90. The molecule has 0 aliphatic carbocycles. The smallest absolute Gasteiger partial charge is 0.118 e. The quantitative estimate of drug-likeness (QED) is 0.412. The number of benzene rings is 1. The predicted molar refractivity (Wildman–Crippen MR) is 81.8 cm³/mol. The third-order valence-corrected chi connectivity index (χ3v) is 3.15. The Morgan fingerprint density at radius 3 is 2.42 bits per heavy atom. The molecule has 1 aromatic carbocycles. The van der Waals surface area contributed by atoms with E-state index in [0.717, 1.165) is 16.4 Å². The lowest BCUT2D eigenvalue weighted by atomic mass is 10.2. The Hall–Kier alpha value is -1.61. The Labute approximate surface area is 120 Å². The van der Waals surface area contributed by atoms with Gasteiger partial charge in [-0.15, -0.1) is 0 Å². The van der Waals surface area contributed by atoms with E-state index in [1.54, 1.807) is 7.11 Å². The number of rotatable bonds is 6. The molecule has 0 aromatic heterocycles. The van der Waals surface area contributed by atoms with Crippen LogP contribution in [-0.4, -0.2) is 7.11 Å². The van der Waals surface area contributed by atoms with E-state index in [4.69, 9.17) is 8.92 Å². The summed E-state index contributed by atoms with van der Waals surface area (Å²) >= 11 is 1.35. The lowest BCUT2D eigenvalue weighted by Crippen LogP contribution is -1.82. The monoisotopic (exact) mass is 276 g/mol. The summed E-state index contributed by atoms with van der Waals surface area (Å²) in [6.45, 7) is 5.94. The van der Waals surface area contributed by atoms with Gasteiger partial charge in [0.05, 0.1) is 19.2 Å². The van der Waals surface area contributed by atoms with E-state index >= 15 is 0 Å². The SMILES string of the molecule is C\C=C/C(=C\C=C(/C)OSc1ccc(C)cc1)OC. The van der Waals surface area contributed by atoms with Crippen LogP contribution < -0.4 is 0 Å². The highest BCUT2D eigenvalue weighted by molar-refractivity contribution is 7.94.